The second-order valence-electron chi connectivity index (χ2n) is 8.01. The molecule has 0 saturated heterocycles. The van der Waals surface area contributed by atoms with Gasteiger partial charge in [0.05, 0.1) is 16.3 Å². The molecule has 1 aliphatic heterocycles. The van der Waals surface area contributed by atoms with Crippen molar-refractivity contribution in [1.82, 2.24) is 14.1 Å². The minimum absolute atomic E-state index is 0.181. The van der Waals surface area contributed by atoms with Crippen molar-refractivity contribution in [1.29, 1.82) is 0 Å². The van der Waals surface area contributed by atoms with Gasteiger partial charge in [-0.2, -0.15) is 21.2 Å². The molecule has 1 aromatic heterocycles. The molecule has 0 unspecified atom stereocenters. The summed E-state index contributed by atoms with van der Waals surface area (Å²) in [6, 6.07) is 12.2. The van der Waals surface area contributed by atoms with Crippen LogP contribution in [0.25, 0.3) is 5.69 Å². The maximum absolute atomic E-state index is 13.1. The Hall–Kier alpha value is -2.62. The van der Waals surface area contributed by atoms with E-state index in [0.717, 1.165) is 34.0 Å². The minimum atomic E-state index is -3.57. The van der Waals surface area contributed by atoms with E-state index in [4.69, 9.17) is 5.10 Å². The van der Waals surface area contributed by atoms with Gasteiger partial charge in [0, 0.05) is 35.7 Å². The molecule has 0 saturated carbocycles. The Balaban J connectivity index is 1.63. The third-order valence-corrected chi connectivity index (χ3v) is 9.01. The summed E-state index contributed by atoms with van der Waals surface area (Å²) in [4.78, 5) is 13.3. The van der Waals surface area contributed by atoms with Crippen LogP contribution in [0.4, 0.5) is 5.82 Å². The van der Waals surface area contributed by atoms with Crippen LogP contribution in [-0.4, -0.2) is 41.5 Å². The van der Waals surface area contributed by atoms with Crippen LogP contribution < -0.4 is 5.32 Å². The number of amides is 1. The number of aromatic nitrogens is 2. The highest BCUT2D eigenvalue weighted by atomic mass is 32.2. The third-order valence-electron chi connectivity index (χ3n) is 5.98. The van der Waals surface area contributed by atoms with E-state index in [1.807, 2.05) is 12.1 Å². The highest BCUT2D eigenvalue weighted by molar-refractivity contribution is 7.98. The number of hydrogen-bond acceptors (Lipinski definition) is 5. The summed E-state index contributed by atoms with van der Waals surface area (Å²) < 4.78 is 28.6. The van der Waals surface area contributed by atoms with Crippen molar-refractivity contribution in [3.8, 4) is 5.69 Å². The Morgan fingerprint density at radius 3 is 2.39 bits per heavy atom. The molecule has 2 aromatic carbocycles. The van der Waals surface area contributed by atoms with Crippen LogP contribution in [0.5, 0.6) is 0 Å². The van der Waals surface area contributed by atoms with Crippen LogP contribution in [0.1, 0.15) is 46.6 Å². The molecule has 0 aliphatic carbocycles. The third kappa shape index (κ3) is 4.45. The quantitative estimate of drug-likeness (QED) is 0.533. The summed E-state index contributed by atoms with van der Waals surface area (Å²) >= 11 is 1.77. The first-order valence-corrected chi connectivity index (χ1v) is 13.5. The molecule has 33 heavy (non-hydrogen) atoms. The SMILES string of the molecule is CCN(CC)S(=O)(=O)c1ccc(C(=O)Nc2c3c(nn2-c2ccc(C)c(C)c2)CSC3)cc1. The molecule has 0 fully saturated rings. The minimum Gasteiger partial charge on any atom is -0.306 e. The summed E-state index contributed by atoms with van der Waals surface area (Å²) in [7, 11) is -3.57. The molecule has 9 heteroatoms. The molecule has 0 spiro atoms. The van der Waals surface area contributed by atoms with E-state index in [2.05, 4.69) is 25.2 Å². The number of benzene rings is 2. The molecule has 0 radical (unpaired) electrons. The van der Waals surface area contributed by atoms with Crippen LogP contribution >= 0.6 is 11.8 Å². The Morgan fingerprint density at radius 1 is 1.06 bits per heavy atom. The number of sulfonamides is 1. The number of rotatable bonds is 7. The normalized spacial score (nSPS) is 13.4. The fraction of sp³-hybridized carbons (Fsp3) is 0.333. The maximum atomic E-state index is 13.1. The van der Waals surface area contributed by atoms with Gasteiger partial charge in [0.15, 0.2) is 0 Å². The fourth-order valence-electron chi connectivity index (χ4n) is 3.86. The monoisotopic (exact) mass is 484 g/mol. The molecule has 2 heterocycles. The molecule has 1 N–H and O–H groups in total. The molecular formula is C24H28N4O3S2. The van der Waals surface area contributed by atoms with Crippen LogP contribution in [0, 0.1) is 13.8 Å². The lowest BCUT2D eigenvalue weighted by Crippen LogP contribution is -2.30. The zero-order chi connectivity index (χ0) is 23.8. The van der Waals surface area contributed by atoms with Crippen molar-refractivity contribution in [2.45, 2.75) is 44.1 Å². The van der Waals surface area contributed by atoms with E-state index >= 15 is 0 Å². The van der Waals surface area contributed by atoms with Gasteiger partial charge in [-0.05, 0) is 61.4 Å². The van der Waals surface area contributed by atoms with Crippen molar-refractivity contribution < 1.29 is 13.2 Å². The van der Waals surface area contributed by atoms with Crippen LogP contribution in [0.3, 0.4) is 0 Å². The van der Waals surface area contributed by atoms with Gasteiger partial charge < -0.3 is 5.32 Å². The summed E-state index contributed by atoms with van der Waals surface area (Å²) in [6.45, 7) is 8.51. The number of nitrogens with one attached hydrogen (secondary N) is 1. The van der Waals surface area contributed by atoms with E-state index in [9.17, 15) is 13.2 Å². The van der Waals surface area contributed by atoms with Gasteiger partial charge in [0.25, 0.3) is 5.91 Å². The van der Waals surface area contributed by atoms with Gasteiger partial charge in [-0.1, -0.05) is 19.9 Å². The van der Waals surface area contributed by atoms with E-state index in [0.29, 0.717) is 24.5 Å². The maximum Gasteiger partial charge on any atom is 0.256 e. The number of fused-ring (bicyclic) bond motifs is 1. The lowest BCUT2D eigenvalue weighted by atomic mass is 10.1. The number of aryl methyl sites for hydroxylation is 2. The van der Waals surface area contributed by atoms with Gasteiger partial charge in [-0.25, -0.2) is 13.1 Å². The topological polar surface area (TPSA) is 84.3 Å². The number of carbonyl (C=O) groups excluding carboxylic acids is 1. The Kier molecular flexibility index (Phi) is 6.65. The van der Waals surface area contributed by atoms with Gasteiger partial charge in [-0.3, -0.25) is 4.79 Å². The Morgan fingerprint density at radius 2 is 1.76 bits per heavy atom. The lowest BCUT2D eigenvalue weighted by Gasteiger charge is -2.18. The first-order chi connectivity index (χ1) is 15.8. The molecule has 0 atom stereocenters. The number of nitrogens with zero attached hydrogens (tertiary/aromatic N) is 3. The molecular weight excluding hydrogens is 456 g/mol. The second kappa shape index (κ2) is 9.32. The summed E-state index contributed by atoms with van der Waals surface area (Å²) in [5, 5.41) is 7.79. The van der Waals surface area contributed by atoms with Crippen molar-refractivity contribution >= 4 is 33.5 Å². The molecule has 7 nitrogen and oxygen atoms in total. The zero-order valence-electron chi connectivity index (χ0n) is 19.3. The van der Waals surface area contributed by atoms with Gasteiger partial charge >= 0.3 is 0 Å². The molecule has 1 aliphatic rings. The smallest absolute Gasteiger partial charge is 0.256 e. The number of carbonyl (C=O) groups is 1. The number of anilines is 1. The molecule has 3 aromatic rings. The van der Waals surface area contributed by atoms with E-state index in [1.165, 1.54) is 22.0 Å². The average molecular weight is 485 g/mol. The van der Waals surface area contributed by atoms with Gasteiger partial charge in [0.2, 0.25) is 10.0 Å². The van der Waals surface area contributed by atoms with Crippen LogP contribution in [-0.2, 0) is 21.5 Å². The molecule has 1 amide bonds. The molecule has 174 valence electrons. The summed E-state index contributed by atoms with van der Waals surface area (Å²) in [5.41, 5.74) is 5.65. The fourth-order valence-corrected chi connectivity index (χ4v) is 6.35. The summed E-state index contributed by atoms with van der Waals surface area (Å²) in [6.07, 6.45) is 0. The first-order valence-electron chi connectivity index (χ1n) is 10.9. The van der Waals surface area contributed by atoms with Gasteiger partial charge in [-0.15, -0.1) is 0 Å². The largest absolute Gasteiger partial charge is 0.306 e. The predicted octanol–water partition coefficient (Wildman–Crippen LogP) is 4.52. The zero-order valence-corrected chi connectivity index (χ0v) is 20.9. The van der Waals surface area contributed by atoms with Gasteiger partial charge in [0.1, 0.15) is 5.82 Å². The van der Waals surface area contributed by atoms with Crippen molar-refractivity contribution in [2.75, 3.05) is 18.4 Å². The standard InChI is InChI=1S/C24H28N4O3S2/c1-5-27(6-2)33(30,31)20-11-8-18(9-12-20)24(29)25-23-21-14-32-15-22(21)26-28(23)19-10-7-16(3)17(4)13-19/h7-13H,5-6,14-15H2,1-4H3,(H,25,29). The molecule has 0 bridgehead atoms. The van der Waals surface area contributed by atoms with Crippen LogP contribution in [0.2, 0.25) is 0 Å². The Bertz CT molecular complexity index is 1290. The van der Waals surface area contributed by atoms with E-state index in [1.54, 1.807) is 42.4 Å². The van der Waals surface area contributed by atoms with Crippen molar-refractivity contribution in [2.24, 2.45) is 0 Å². The first kappa shape index (κ1) is 23.5. The highest BCUT2D eigenvalue weighted by Crippen LogP contribution is 2.36. The predicted molar refractivity (Wildman–Crippen MR) is 133 cm³/mol. The number of thioether (sulfide) groups is 1. The second-order valence-corrected chi connectivity index (χ2v) is 10.9. The molecule has 4 rings (SSSR count). The van der Waals surface area contributed by atoms with E-state index < -0.39 is 10.0 Å². The highest BCUT2D eigenvalue weighted by Gasteiger charge is 2.26. The lowest BCUT2D eigenvalue weighted by molar-refractivity contribution is 0.102. The van der Waals surface area contributed by atoms with Crippen LogP contribution in [0.15, 0.2) is 47.4 Å². The van der Waals surface area contributed by atoms with E-state index in [-0.39, 0.29) is 10.8 Å². The average Bonchev–Trinajstić information content (AvgIpc) is 3.39. The van der Waals surface area contributed by atoms with Crippen molar-refractivity contribution in [3.05, 3.63) is 70.4 Å². The Labute approximate surface area is 199 Å². The summed E-state index contributed by atoms with van der Waals surface area (Å²) in [5.74, 6) is 1.97. The van der Waals surface area contributed by atoms with Crippen molar-refractivity contribution in [3.63, 3.8) is 0 Å². The number of hydrogen-bond donors (Lipinski definition) is 1.